The van der Waals surface area contributed by atoms with Crippen molar-refractivity contribution in [3.8, 4) is 0 Å². The van der Waals surface area contributed by atoms with Crippen LogP contribution >= 0.6 is 0 Å². The second-order valence-electron chi connectivity index (χ2n) is 6.02. The third-order valence-corrected chi connectivity index (χ3v) is 4.52. The highest BCUT2D eigenvalue weighted by Gasteiger charge is 2.58. The van der Waals surface area contributed by atoms with Gasteiger partial charge in [0.1, 0.15) is 0 Å². The molecule has 0 heterocycles. The van der Waals surface area contributed by atoms with Crippen molar-refractivity contribution < 1.29 is 32.2 Å². The second kappa shape index (κ2) is 7.33. The van der Waals surface area contributed by atoms with Gasteiger partial charge in [-0.15, -0.1) is 0 Å². The molecule has 22 heavy (non-hydrogen) atoms. The summed E-state index contributed by atoms with van der Waals surface area (Å²) in [4.78, 5) is 24.1. The van der Waals surface area contributed by atoms with Gasteiger partial charge in [0.25, 0.3) is 0 Å². The molecule has 0 aliphatic carbocycles. The minimum Gasteiger partial charge on any atom is -0.466 e. The largest absolute Gasteiger partial charge is 0.466 e. The summed E-state index contributed by atoms with van der Waals surface area (Å²) in [5.41, 5.74) is -3.20. The van der Waals surface area contributed by atoms with E-state index in [2.05, 4.69) is 0 Å². The summed E-state index contributed by atoms with van der Waals surface area (Å²) in [6, 6.07) is 0. The molecule has 0 bridgehead atoms. The van der Waals surface area contributed by atoms with Crippen LogP contribution in [0.3, 0.4) is 0 Å². The highest BCUT2D eigenvalue weighted by atomic mass is 19.4. The molecule has 4 nitrogen and oxygen atoms in total. The van der Waals surface area contributed by atoms with Crippen molar-refractivity contribution in [2.45, 2.75) is 54.1 Å². The molecule has 0 aromatic heterocycles. The molecule has 0 aliphatic rings. The van der Waals surface area contributed by atoms with Gasteiger partial charge in [-0.05, 0) is 26.2 Å². The Morgan fingerprint density at radius 2 is 1.45 bits per heavy atom. The van der Waals surface area contributed by atoms with Gasteiger partial charge in [0.15, 0.2) is 0 Å². The molecule has 0 saturated heterocycles. The molecule has 0 aromatic carbocycles. The maximum absolute atomic E-state index is 13.1. The van der Waals surface area contributed by atoms with E-state index in [4.69, 9.17) is 9.47 Å². The second-order valence-corrected chi connectivity index (χ2v) is 6.02. The van der Waals surface area contributed by atoms with E-state index in [9.17, 15) is 22.8 Å². The van der Waals surface area contributed by atoms with Gasteiger partial charge in [-0.3, -0.25) is 9.59 Å². The van der Waals surface area contributed by atoms with Crippen LogP contribution in [-0.4, -0.2) is 31.3 Å². The lowest BCUT2D eigenvalue weighted by molar-refractivity contribution is -0.221. The molecular weight excluding hydrogens is 301 g/mol. The minimum absolute atomic E-state index is 0.0216. The number of carbonyl (C=O) groups is 2. The first-order valence-electron chi connectivity index (χ1n) is 7.24. The maximum Gasteiger partial charge on any atom is 0.392 e. The number of hydrogen-bond acceptors (Lipinski definition) is 4. The number of hydrogen-bond donors (Lipinski definition) is 0. The van der Waals surface area contributed by atoms with Crippen LogP contribution in [0.2, 0.25) is 0 Å². The van der Waals surface area contributed by atoms with E-state index in [0.29, 0.717) is 0 Å². The lowest BCUT2D eigenvalue weighted by Gasteiger charge is -2.45. The fourth-order valence-electron chi connectivity index (χ4n) is 2.24. The Bertz CT molecular complexity index is 404. The molecular formula is C15H25F3O4. The van der Waals surface area contributed by atoms with Crippen LogP contribution in [0.4, 0.5) is 13.2 Å². The fraction of sp³-hybridized carbons (Fsp3) is 0.867. The van der Waals surface area contributed by atoms with Gasteiger partial charge in [0.2, 0.25) is 0 Å². The average molecular weight is 326 g/mol. The third-order valence-electron chi connectivity index (χ3n) is 4.52. The van der Waals surface area contributed by atoms with Gasteiger partial charge < -0.3 is 9.47 Å². The average Bonchev–Trinajstić information content (AvgIpc) is 2.36. The Hall–Kier alpha value is -1.27. The molecule has 7 heteroatoms. The van der Waals surface area contributed by atoms with E-state index < -0.39 is 41.3 Å². The Kier molecular flexibility index (Phi) is 6.91. The summed E-state index contributed by atoms with van der Waals surface area (Å²) in [5, 5.41) is 0. The zero-order chi connectivity index (χ0) is 17.8. The topological polar surface area (TPSA) is 52.6 Å². The van der Waals surface area contributed by atoms with Crippen molar-refractivity contribution in [3.63, 3.8) is 0 Å². The first-order chi connectivity index (χ1) is 9.84. The van der Waals surface area contributed by atoms with Gasteiger partial charge in [-0.2, -0.15) is 13.2 Å². The van der Waals surface area contributed by atoms with Crippen molar-refractivity contribution in [2.75, 3.05) is 13.2 Å². The van der Waals surface area contributed by atoms with E-state index in [0.717, 1.165) is 6.92 Å². The molecule has 2 unspecified atom stereocenters. The highest BCUT2D eigenvalue weighted by Crippen LogP contribution is 2.52. The Balaban J connectivity index is 5.74. The standard InChI is InChI=1S/C15H25F3O4/c1-7-21-11(19)9-14(6,12(20)22-8-2)13(4,5)10(3)15(16,17)18/h10H,7-9H2,1-6H3. The Labute approximate surface area is 129 Å². The Morgan fingerprint density at radius 1 is 1.00 bits per heavy atom. The van der Waals surface area contributed by atoms with Crippen LogP contribution in [0, 0.1) is 16.7 Å². The molecule has 0 spiro atoms. The van der Waals surface area contributed by atoms with Gasteiger partial charge in [0.05, 0.1) is 31.0 Å². The number of ether oxygens (including phenoxy) is 2. The quantitative estimate of drug-likeness (QED) is 0.669. The summed E-state index contributed by atoms with van der Waals surface area (Å²) in [6.45, 7) is 8.22. The van der Waals surface area contributed by atoms with Gasteiger partial charge >= 0.3 is 18.1 Å². The van der Waals surface area contributed by atoms with E-state index in [-0.39, 0.29) is 13.2 Å². The van der Waals surface area contributed by atoms with Crippen molar-refractivity contribution >= 4 is 11.9 Å². The van der Waals surface area contributed by atoms with E-state index in [1.165, 1.54) is 20.8 Å². The molecule has 0 aliphatic heterocycles. The monoisotopic (exact) mass is 326 g/mol. The summed E-state index contributed by atoms with van der Waals surface area (Å²) < 4.78 is 49.1. The molecule has 2 atom stereocenters. The number of rotatable bonds is 7. The van der Waals surface area contributed by atoms with Crippen LogP contribution in [0.5, 0.6) is 0 Å². The molecule has 130 valence electrons. The van der Waals surface area contributed by atoms with Crippen LogP contribution in [0.25, 0.3) is 0 Å². The summed E-state index contributed by atoms with van der Waals surface area (Å²) in [6.07, 6.45) is -4.96. The van der Waals surface area contributed by atoms with E-state index >= 15 is 0 Å². The van der Waals surface area contributed by atoms with Crippen molar-refractivity contribution in [2.24, 2.45) is 16.7 Å². The number of halogens is 3. The summed E-state index contributed by atoms with van der Waals surface area (Å²) in [7, 11) is 0. The third kappa shape index (κ3) is 4.36. The fourth-order valence-corrected chi connectivity index (χ4v) is 2.24. The zero-order valence-electron chi connectivity index (χ0n) is 14.0. The van der Waals surface area contributed by atoms with E-state index in [1.807, 2.05) is 0 Å². The number of esters is 2. The molecule has 0 amide bonds. The predicted molar refractivity (Wildman–Crippen MR) is 75.0 cm³/mol. The SMILES string of the molecule is CCOC(=O)CC(C)(C(=O)OCC)C(C)(C)C(C)C(F)(F)F. The molecule has 0 N–H and O–H groups in total. The summed E-state index contributed by atoms with van der Waals surface area (Å²) >= 11 is 0. The highest BCUT2D eigenvalue weighted by molar-refractivity contribution is 5.84. The molecule has 0 aromatic rings. The Morgan fingerprint density at radius 3 is 1.82 bits per heavy atom. The first-order valence-corrected chi connectivity index (χ1v) is 7.24. The van der Waals surface area contributed by atoms with Crippen LogP contribution in [0.15, 0.2) is 0 Å². The normalized spacial score (nSPS) is 16.6. The number of carbonyl (C=O) groups excluding carboxylic acids is 2. The predicted octanol–water partition coefficient (Wildman–Crippen LogP) is 3.73. The first kappa shape index (κ1) is 20.7. The molecule has 0 rings (SSSR count). The molecule has 0 fully saturated rings. The maximum atomic E-state index is 13.1. The van der Waals surface area contributed by atoms with Gasteiger partial charge in [-0.25, -0.2) is 0 Å². The lowest BCUT2D eigenvalue weighted by Crippen LogP contribution is -2.51. The van der Waals surface area contributed by atoms with Crippen LogP contribution in [-0.2, 0) is 19.1 Å². The minimum atomic E-state index is -4.49. The molecule has 0 saturated carbocycles. The van der Waals surface area contributed by atoms with Crippen LogP contribution < -0.4 is 0 Å². The van der Waals surface area contributed by atoms with Crippen molar-refractivity contribution in [3.05, 3.63) is 0 Å². The van der Waals surface area contributed by atoms with Crippen LogP contribution in [0.1, 0.15) is 48.0 Å². The smallest absolute Gasteiger partial charge is 0.392 e. The van der Waals surface area contributed by atoms with Crippen molar-refractivity contribution in [1.29, 1.82) is 0 Å². The number of alkyl halides is 3. The lowest BCUT2D eigenvalue weighted by atomic mass is 9.59. The van der Waals surface area contributed by atoms with Gasteiger partial charge in [-0.1, -0.05) is 20.8 Å². The molecule has 0 radical (unpaired) electrons. The van der Waals surface area contributed by atoms with Crippen molar-refractivity contribution in [1.82, 2.24) is 0 Å². The zero-order valence-corrected chi connectivity index (χ0v) is 14.0. The van der Waals surface area contributed by atoms with E-state index in [1.54, 1.807) is 13.8 Å². The van der Waals surface area contributed by atoms with Gasteiger partial charge in [0, 0.05) is 0 Å². The summed E-state index contributed by atoms with van der Waals surface area (Å²) in [5.74, 6) is -3.35.